The van der Waals surface area contributed by atoms with E-state index in [2.05, 4.69) is 31.3 Å². The Kier molecular flexibility index (Phi) is 12.0. The molecule has 0 spiro atoms. The highest BCUT2D eigenvalue weighted by Gasteiger charge is 2.13. The molecule has 0 aliphatic rings. The molecule has 192 valence electrons. The smallest absolute Gasteiger partial charge is 0.243 e. The second kappa shape index (κ2) is 14.9. The molecule has 0 bridgehead atoms. The molecule has 0 aromatic heterocycles. The maximum absolute atomic E-state index is 12.9. The lowest BCUT2D eigenvalue weighted by atomic mass is 10.0. The molecule has 1 amide bonds. The van der Waals surface area contributed by atoms with Crippen LogP contribution in [-0.2, 0) is 16.1 Å². The quantitative estimate of drug-likeness (QED) is 0.151. The van der Waals surface area contributed by atoms with Crippen LogP contribution in [0.4, 0.5) is 11.4 Å². The SMILES string of the molecule is CC(C)c1ccc(NC(=O)CN(CCCCOCc2ccccc2)c2cccc(C(=N)N)c2)cc1.Cl. The van der Waals surface area contributed by atoms with Gasteiger partial charge in [-0.2, -0.15) is 0 Å². The van der Waals surface area contributed by atoms with Crippen molar-refractivity contribution in [3.63, 3.8) is 0 Å². The monoisotopic (exact) mass is 508 g/mol. The summed E-state index contributed by atoms with van der Waals surface area (Å²) in [6.07, 6.45) is 1.75. The van der Waals surface area contributed by atoms with Crippen LogP contribution in [0.2, 0.25) is 0 Å². The van der Waals surface area contributed by atoms with E-state index in [1.165, 1.54) is 5.56 Å². The Morgan fingerprint density at radius 2 is 1.72 bits per heavy atom. The van der Waals surface area contributed by atoms with E-state index in [1.54, 1.807) is 6.07 Å². The highest BCUT2D eigenvalue weighted by atomic mass is 35.5. The summed E-state index contributed by atoms with van der Waals surface area (Å²) in [7, 11) is 0. The number of benzene rings is 3. The Balaban J connectivity index is 0.00000456. The molecule has 0 aliphatic carbocycles. The number of unbranched alkanes of at least 4 members (excludes halogenated alkanes) is 1. The van der Waals surface area contributed by atoms with Gasteiger partial charge in [0.1, 0.15) is 5.84 Å². The van der Waals surface area contributed by atoms with Crippen LogP contribution in [-0.4, -0.2) is 31.4 Å². The zero-order valence-corrected chi connectivity index (χ0v) is 21.9. The first-order chi connectivity index (χ1) is 16.9. The highest BCUT2D eigenvalue weighted by Crippen LogP contribution is 2.19. The second-order valence-corrected chi connectivity index (χ2v) is 8.96. The zero-order chi connectivity index (χ0) is 25.0. The molecule has 6 nitrogen and oxygen atoms in total. The third-order valence-electron chi connectivity index (χ3n) is 5.80. The second-order valence-electron chi connectivity index (χ2n) is 8.96. The molecule has 3 aromatic rings. The van der Waals surface area contributed by atoms with Crippen LogP contribution in [0.5, 0.6) is 0 Å². The molecule has 0 aliphatic heterocycles. The van der Waals surface area contributed by atoms with E-state index >= 15 is 0 Å². The highest BCUT2D eigenvalue weighted by molar-refractivity contribution is 5.97. The Labute approximate surface area is 220 Å². The molecule has 3 aromatic carbocycles. The molecule has 0 atom stereocenters. The van der Waals surface area contributed by atoms with Gasteiger partial charge < -0.3 is 20.7 Å². The van der Waals surface area contributed by atoms with E-state index < -0.39 is 0 Å². The summed E-state index contributed by atoms with van der Waals surface area (Å²) >= 11 is 0. The van der Waals surface area contributed by atoms with Crippen LogP contribution in [0.15, 0.2) is 78.9 Å². The molecule has 0 saturated heterocycles. The largest absolute Gasteiger partial charge is 0.384 e. The average molecular weight is 509 g/mol. The molecule has 36 heavy (non-hydrogen) atoms. The minimum absolute atomic E-state index is 0. The topological polar surface area (TPSA) is 91.4 Å². The number of nitrogen functional groups attached to an aromatic ring is 1. The number of carbonyl (C=O) groups excluding carboxylic acids is 1. The first-order valence-corrected chi connectivity index (χ1v) is 12.1. The summed E-state index contributed by atoms with van der Waals surface area (Å²) in [6.45, 7) is 6.45. The lowest BCUT2D eigenvalue weighted by molar-refractivity contribution is -0.115. The molecule has 0 unspecified atom stereocenters. The number of amidine groups is 1. The number of nitrogens with one attached hydrogen (secondary N) is 2. The normalized spacial score (nSPS) is 10.5. The fourth-order valence-electron chi connectivity index (χ4n) is 3.77. The number of nitrogens with two attached hydrogens (primary N) is 1. The fraction of sp³-hybridized carbons (Fsp3) is 0.310. The van der Waals surface area contributed by atoms with Crippen molar-refractivity contribution in [1.82, 2.24) is 0 Å². The number of rotatable bonds is 13. The van der Waals surface area contributed by atoms with E-state index in [-0.39, 0.29) is 30.7 Å². The standard InChI is InChI=1S/C29H36N4O2.ClH/c1-22(2)24-13-15-26(16-14-24)32-28(34)20-33(27-12-8-11-25(19-27)29(30)31)17-6-7-18-35-21-23-9-4-3-5-10-23;/h3-5,8-16,19,22H,6-7,17-18,20-21H2,1-2H3,(H3,30,31)(H,32,34);1H. The Morgan fingerprint density at radius 3 is 2.39 bits per heavy atom. The number of halogens is 1. The minimum Gasteiger partial charge on any atom is -0.384 e. The van der Waals surface area contributed by atoms with Gasteiger partial charge in [0, 0.05) is 30.1 Å². The number of hydrogen-bond acceptors (Lipinski definition) is 4. The first kappa shape index (κ1) is 28.9. The number of hydrogen-bond donors (Lipinski definition) is 3. The average Bonchev–Trinajstić information content (AvgIpc) is 2.86. The first-order valence-electron chi connectivity index (χ1n) is 12.1. The van der Waals surface area contributed by atoms with Crippen molar-refractivity contribution in [2.75, 3.05) is 29.9 Å². The van der Waals surface area contributed by atoms with Crippen molar-refractivity contribution in [3.05, 3.63) is 95.6 Å². The van der Waals surface area contributed by atoms with Gasteiger partial charge in [-0.25, -0.2) is 0 Å². The Bertz CT molecular complexity index is 1090. The summed E-state index contributed by atoms with van der Waals surface area (Å²) in [4.78, 5) is 14.9. The molecule has 0 saturated carbocycles. The van der Waals surface area contributed by atoms with Gasteiger partial charge in [0.05, 0.1) is 13.2 Å². The van der Waals surface area contributed by atoms with Crippen LogP contribution >= 0.6 is 12.4 Å². The number of amides is 1. The maximum atomic E-state index is 12.9. The van der Waals surface area contributed by atoms with E-state index in [0.29, 0.717) is 31.2 Å². The van der Waals surface area contributed by atoms with E-state index in [4.69, 9.17) is 15.9 Å². The summed E-state index contributed by atoms with van der Waals surface area (Å²) in [5.41, 5.74) is 10.4. The number of ether oxygens (including phenoxy) is 1. The molecule has 3 rings (SSSR count). The van der Waals surface area contributed by atoms with Crippen molar-refractivity contribution in [1.29, 1.82) is 5.41 Å². The summed E-state index contributed by atoms with van der Waals surface area (Å²) in [5.74, 6) is 0.368. The Morgan fingerprint density at radius 1 is 1.00 bits per heavy atom. The van der Waals surface area contributed by atoms with Gasteiger partial charge in [0.25, 0.3) is 0 Å². The van der Waals surface area contributed by atoms with Crippen molar-refractivity contribution in [2.45, 2.75) is 39.2 Å². The third-order valence-corrected chi connectivity index (χ3v) is 5.80. The van der Waals surface area contributed by atoms with Crippen LogP contribution < -0.4 is 16.0 Å². The fourth-order valence-corrected chi connectivity index (χ4v) is 3.77. The summed E-state index contributed by atoms with van der Waals surface area (Å²) in [5, 5.41) is 10.8. The van der Waals surface area contributed by atoms with Gasteiger partial charge >= 0.3 is 0 Å². The van der Waals surface area contributed by atoms with Crippen LogP contribution in [0.25, 0.3) is 0 Å². The maximum Gasteiger partial charge on any atom is 0.243 e. The summed E-state index contributed by atoms with van der Waals surface area (Å²) in [6, 6.07) is 25.6. The lowest BCUT2D eigenvalue weighted by Crippen LogP contribution is -2.34. The molecular formula is C29H37ClN4O2. The van der Waals surface area contributed by atoms with Crippen molar-refractivity contribution >= 4 is 35.5 Å². The van der Waals surface area contributed by atoms with Gasteiger partial charge in [0.2, 0.25) is 5.91 Å². The van der Waals surface area contributed by atoms with Crippen LogP contribution in [0, 0.1) is 5.41 Å². The molecular weight excluding hydrogens is 472 g/mol. The number of nitrogens with zero attached hydrogens (tertiary/aromatic N) is 1. The number of anilines is 2. The van der Waals surface area contributed by atoms with Gasteiger partial charge in [-0.05, 0) is 54.2 Å². The molecule has 4 N–H and O–H groups in total. The molecule has 0 radical (unpaired) electrons. The predicted molar refractivity (Wildman–Crippen MR) is 151 cm³/mol. The lowest BCUT2D eigenvalue weighted by Gasteiger charge is -2.25. The van der Waals surface area contributed by atoms with Gasteiger partial charge in [-0.15, -0.1) is 12.4 Å². The van der Waals surface area contributed by atoms with Crippen molar-refractivity contribution < 1.29 is 9.53 Å². The predicted octanol–water partition coefficient (Wildman–Crippen LogP) is 5.96. The van der Waals surface area contributed by atoms with Gasteiger partial charge in [-0.1, -0.05) is 68.4 Å². The van der Waals surface area contributed by atoms with E-state index in [0.717, 1.165) is 29.8 Å². The zero-order valence-electron chi connectivity index (χ0n) is 21.1. The number of carbonyl (C=O) groups is 1. The molecule has 0 fully saturated rings. The van der Waals surface area contributed by atoms with E-state index in [1.807, 2.05) is 65.6 Å². The van der Waals surface area contributed by atoms with Gasteiger partial charge in [-0.3, -0.25) is 10.2 Å². The molecule has 0 heterocycles. The van der Waals surface area contributed by atoms with Crippen molar-refractivity contribution in [3.8, 4) is 0 Å². The minimum atomic E-state index is -0.0872. The van der Waals surface area contributed by atoms with Crippen LogP contribution in [0.1, 0.15) is 49.3 Å². The van der Waals surface area contributed by atoms with E-state index in [9.17, 15) is 4.79 Å². The van der Waals surface area contributed by atoms with Gasteiger partial charge in [0.15, 0.2) is 0 Å². The third kappa shape index (κ3) is 9.36. The van der Waals surface area contributed by atoms with Crippen molar-refractivity contribution in [2.24, 2.45) is 5.73 Å². The Hall–Kier alpha value is -3.35. The molecule has 7 heteroatoms. The van der Waals surface area contributed by atoms with Crippen LogP contribution in [0.3, 0.4) is 0 Å². The summed E-state index contributed by atoms with van der Waals surface area (Å²) < 4.78 is 5.80.